The largest absolute Gasteiger partial charge is 0.494 e. The molecule has 6 heteroatoms. The summed E-state index contributed by atoms with van der Waals surface area (Å²) in [4.78, 5) is 20.9. The number of amides is 1. The molecular formula is C26H41N3O3. The minimum absolute atomic E-state index is 0.290. The van der Waals surface area contributed by atoms with Crippen molar-refractivity contribution in [3.8, 4) is 5.75 Å². The van der Waals surface area contributed by atoms with Gasteiger partial charge in [-0.2, -0.15) is 0 Å². The third kappa shape index (κ3) is 5.64. The lowest BCUT2D eigenvalue weighted by atomic mass is 9.73. The third-order valence-corrected chi connectivity index (χ3v) is 7.57. The number of ether oxygens (including phenoxy) is 2. The van der Waals surface area contributed by atoms with E-state index in [1.807, 2.05) is 0 Å². The van der Waals surface area contributed by atoms with Crippen molar-refractivity contribution in [2.45, 2.75) is 50.9 Å². The number of nitrogens with zero attached hydrogens (tertiary/aromatic N) is 3. The Bertz CT molecular complexity index is 712. The highest BCUT2D eigenvalue weighted by atomic mass is 16.5. The van der Waals surface area contributed by atoms with Crippen molar-refractivity contribution >= 4 is 5.91 Å². The Kier molecular flexibility index (Phi) is 8.44. The normalized spacial score (nSPS) is 22.6. The van der Waals surface area contributed by atoms with Crippen molar-refractivity contribution in [1.82, 2.24) is 14.7 Å². The summed E-state index contributed by atoms with van der Waals surface area (Å²) in [6.45, 7) is 12.6. The van der Waals surface area contributed by atoms with Gasteiger partial charge in [0.2, 0.25) is 5.91 Å². The number of likely N-dealkylation sites (N-methyl/N-ethyl adjacent to an activating group) is 1. The lowest BCUT2D eigenvalue weighted by molar-refractivity contribution is -0.141. The van der Waals surface area contributed by atoms with E-state index in [2.05, 4.69) is 45.9 Å². The summed E-state index contributed by atoms with van der Waals surface area (Å²) >= 11 is 0. The first-order valence-corrected chi connectivity index (χ1v) is 12.8. The maximum absolute atomic E-state index is 13.9. The van der Waals surface area contributed by atoms with Crippen molar-refractivity contribution in [2.75, 3.05) is 72.2 Å². The minimum Gasteiger partial charge on any atom is -0.494 e. The van der Waals surface area contributed by atoms with E-state index >= 15 is 0 Å². The van der Waals surface area contributed by atoms with Gasteiger partial charge in [0.15, 0.2) is 0 Å². The smallest absolute Gasteiger partial charge is 0.233 e. The predicted molar refractivity (Wildman–Crippen MR) is 127 cm³/mol. The van der Waals surface area contributed by atoms with E-state index in [0.717, 1.165) is 82.9 Å². The highest BCUT2D eigenvalue weighted by Crippen LogP contribution is 2.38. The second kappa shape index (κ2) is 11.5. The number of benzene rings is 1. The van der Waals surface area contributed by atoms with Crippen LogP contribution in [0.25, 0.3) is 0 Å². The van der Waals surface area contributed by atoms with Crippen molar-refractivity contribution < 1.29 is 14.3 Å². The zero-order valence-electron chi connectivity index (χ0n) is 19.9. The quantitative estimate of drug-likeness (QED) is 0.578. The topological polar surface area (TPSA) is 45.2 Å². The monoisotopic (exact) mass is 443 g/mol. The van der Waals surface area contributed by atoms with E-state index in [1.54, 1.807) is 0 Å². The maximum Gasteiger partial charge on any atom is 0.233 e. The van der Waals surface area contributed by atoms with Gasteiger partial charge < -0.3 is 24.2 Å². The molecule has 0 aliphatic carbocycles. The second-order valence-corrected chi connectivity index (χ2v) is 9.55. The Morgan fingerprint density at radius 1 is 0.938 bits per heavy atom. The van der Waals surface area contributed by atoms with E-state index in [1.165, 1.54) is 25.9 Å². The summed E-state index contributed by atoms with van der Waals surface area (Å²) in [6.07, 6.45) is 6.30. The lowest BCUT2D eigenvalue weighted by Crippen LogP contribution is -2.50. The predicted octanol–water partition coefficient (Wildman–Crippen LogP) is 3.15. The molecule has 0 saturated carbocycles. The molecule has 0 N–H and O–H groups in total. The molecule has 0 spiro atoms. The molecule has 3 aliphatic heterocycles. The summed E-state index contributed by atoms with van der Waals surface area (Å²) in [5.41, 5.74) is 0.653. The van der Waals surface area contributed by atoms with E-state index in [9.17, 15) is 4.79 Å². The van der Waals surface area contributed by atoms with Crippen LogP contribution in [-0.2, 0) is 14.9 Å². The Balaban J connectivity index is 1.39. The fourth-order valence-corrected chi connectivity index (χ4v) is 5.49. The lowest BCUT2D eigenvalue weighted by Gasteiger charge is -2.40. The summed E-state index contributed by atoms with van der Waals surface area (Å²) in [7, 11) is 0. The minimum atomic E-state index is -0.464. The van der Waals surface area contributed by atoms with Crippen molar-refractivity contribution in [3.63, 3.8) is 0 Å². The molecule has 3 fully saturated rings. The average Bonchev–Trinajstić information content (AvgIpc) is 3.25. The number of rotatable bonds is 8. The summed E-state index contributed by atoms with van der Waals surface area (Å²) in [5, 5.41) is 0. The van der Waals surface area contributed by atoms with E-state index in [0.29, 0.717) is 13.2 Å². The molecule has 1 aromatic rings. The van der Waals surface area contributed by atoms with Gasteiger partial charge in [0.1, 0.15) is 5.75 Å². The first-order chi connectivity index (χ1) is 15.7. The molecule has 4 rings (SSSR count). The summed E-state index contributed by atoms with van der Waals surface area (Å²) in [5.74, 6) is 1.19. The van der Waals surface area contributed by atoms with Crippen LogP contribution in [0.2, 0.25) is 0 Å². The van der Waals surface area contributed by atoms with Crippen LogP contribution >= 0.6 is 0 Å². The number of carbonyl (C=O) groups is 1. The molecule has 3 saturated heterocycles. The number of hydrogen-bond donors (Lipinski definition) is 0. The number of likely N-dealkylation sites (tertiary alicyclic amines) is 1. The van der Waals surface area contributed by atoms with Gasteiger partial charge >= 0.3 is 0 Å². The van der Waals surface area contributed by atoms with Crippen molar-refractivity contribution in [3.05, 3.63) is 29.8 Å². The van der Waals surface area contributed by atoms with Gasteiger partial charge in [-0.3, -0.25) is 4.79 Å². The van der Waals surface area contributed by atoms with Gasteiger partial charge in [0.05, 0.1) is 12.0 Å². The molecule has 0 bridgehead atoms. The van der Waals surface area contributed by atoms with Gasteiger partial charge in [0.25, 0.3) is 0 Å². The average molecular weight is 444 g/mol. The summed E-state index contributed by atoms with van der Waals surface area (Å²) in [6, 6.07) is 8.35. The Morgan fingerprint density at radius 3 is 2.38 bits per heavy atom. The van der Waals surface area contributed by atoms with Crippen LogP contribution in [0.1, 0.15) is 51.0 Å². The van der Waals surface area contributed by atoms with Crippen LogP contribution in [0.3, 0.4) is 0 Å². The Labute approximate surface area is 193 Å². The molecule has 0 atom stereocenters. The molecular weight excluding hydrogens is 402 g/mol. The van der Waals surface area contributed by atoms with Crippen LogP contribution in [-0.4, -0.2) is 92.8 Å². The molecule has 6 nitrogen and oxygen atoms in total. The molecule has 3 aliphatic rings. The van der Waals surface area contributed by atoms with Crippen LogP contribution in [0.5, 0.6) is 5.75 Å². The van der Waals surface area contributed by atoms with Gasteiger partial charge in [-0.25, -0.2) is 0 Å². The zero-order valence-corrected chi connectivity index (χ0v) is 19.9. The molecule has 178 valence electrons. The zero-order chi connectivity index (χ0) is 22.2. The summed E-state index contributed by atoms with van der Waals surface area (Å²) < 4.78 is 11.7. The Hall–Kier alpha value is -1.63. The number of hydrogen-bond acceptors (Lipinski definition) is 5. The molecule has 0 aromatic heterocycles. The van der Waals surface area contributed by atoms with Crippen LogP contribution < -0.4 is 4.74 Å². The van der Waals surface area contributed by atoms with E-state index in [-0.39, 0.29) is 5.91 Å². The molecule has 1 amide bonds. The fraction of sp³-hybridized carbons (Fsp3) is 0.731. The van der Waals surface area contributed by atoms with Crippen LogP contribution in [0.4, 0.5) is 0 Å². The number of carbonyl (C=O) groups excluding carboxylic acids is 1. The molecule has 0 unspecified atom stereocenters. The fourth-order valence-electron chi connectivity index (χ4n) is 5.49. The highest BCUT2D eigenvalue weighted by molar-refractivity contribution is 5.88. The SMILES string of the molecule is CCN1CCCN(C(=O)C2(c3ccc(OCCCN4CCCC4)cc3)CCOCC2)CC1. The third-order valence-electron chi connectivity index (χ3n) is 7.57. The van der Waals surface area contributed by atoms with Gasteiger partial charge in [0, 0.05) is 39.4 Å². The first kappa shape index (κ1) is 23.5. The van der Waals surface area contributed by atoms with Gasteiger partial charge in [-0.05, 0) is 82.4 Å². The molecule has 32 heavy (non-hydrogen) atoms. The van der Waals surface area contributed by atoms with Gasteiger partial charge in [-0.15, -0.1) is 0 Å². The Morgan fingerprint density at radius 2 is 1.66 bits per heavy atom. The molecule has 1 aromatic carbocycles. The van der Waals surface area contributed by atoms with Crippen LogP contribution in [0, 0.1) is 0 Å². The van der Waals surface area contributed by atoms with Gasteiger partial charge in [-0.1, -0.05) is 19.1 Å². The first-order valence-electron chi connectivity index (χ1n) is 12.8. The van der Waals surface area contributed by atoms with Crippen molar-refractivity contribution in [2.24, 2.45) is 0 Å². The highest BCUT2D eigenvalue weighted by Gasteiger charge is 2.44. The second-order valence-electron chi connectivity index (χ2n) is 9.55. The van der Waals surface area contributed by atoms with E-state index < -0.39 is 5.41 Å². The van der Waals surface area contributed by atoms with E-state index in [4.69, 9.17) is 9.47 Å². The van der Waals surface area contributed by atoms with Crippen molar-refractivity contribution in [1.29, 1.82) is 0 Å². The standard InChI is InChI=1S/C26H41N3O3/c1-2-27-15-5-17-29(19-18-27)25(30)26(11-21-31-22-12-26)23-7-9-24(10-8-23)32-20-6-16-28-13-3-4-14-28/h7-10H,2-6,11-22H2,1H3. The molecule has 3 heterocycles. The van der Waals surface area contributed by atoms with Crippen LogP contribution in [0.15, 0.2) is 24.3 Å². The maximum atomic E-state index is 13.9. The molecule has 0 radical (unpaired) electrons.